The van der Waals surface area contributed by atoms with E-state index in [0.29, 0.717) is 16.7 Å². The van der Waals surface area contributed by atoms with E-state index in [0.717, 1.165) is 22.4 Å². The number of nitrogens with one attached hydrogen (secondary N) is 2. The maximum atomic E-state index is 6.13. The molecule has 0 aliphatic carbocycles. The van der Waals surface area contributed by atoms with E-state index in [9.17, 15) is 0 Å². The first-order valence-corrected chi connectivity index (χ1v) is 7.68. The van der Waals surface area contributed by atoms with Crippen LogP contribution in [0.1, 0.15) is 12.6 Å². The van der Waals surface area contributed by atoms with Crippen molar-refractivity contribution in [3.63, 3.8) is 0 Å². The summed E-state index contributed by atoms with van der Waals surface area (Å²) in [6.07, 6.45) is 1.78. The van der Waals surface area contributed by atoms with Crippen molar-refractivity contribution in [3.05, 3.63) is 45.7 Å². The Labute approximate surface area is 136 Å². The van der Waals surface area contributed by atoms with Crippen molar-refractivity contribution in [2.24, 2.45) is 0 Å². The maximum Gasteiger partial charge on any atom is 0.171 e. The molecule has 0 bridgehead atoms. The second kappa shape index (κ2) is 7.06. The van der Waals surface area contributed by atoms with Gasteiger partial charge < -0.3 is 10.6 Å². The van der Waals surface area contributed by atoms with E-state index < -0.39 is 0 Å². The molecule has 0 amide bonds. The molecule has 0 spiro atoms. The Bertz CT molecular complexity index is 614. The average Bonchev–Trinajstić information content (AvgIpc) is 2.87. The van der Waals surface area contributed by atoms with Crippen LogP contribution in [0.2, 0.25) is 5.02 Å². The van der Waals surface area contributed by atoms with Crippen molar-refractivity contribution in [1.82, 2.24) is 15.1 Å². The number of rotatable bonds is 4. The minimum absolute atomic E-state index is 0.526. The highest BCUT2D eigenvalue weighted by Crippen LogP contribution is 2.25. The summed E-state index contributed by atoms with van der Waals surface area (Å²) in [5.41, 5.74) is 1.86. The number of hydrogen-bond acceptors (Lipinski definition) is 2. The van der Waals surface area contributed by atoms with Gasteiger partial charge in [0.15, 0.2) is 5.11 Å². The van der Waals surface area contributed by atoms with Crippen LogP contribution in [0.3, 0.4) is 0 Å². The topological polar surface area (TPSA) is 41.9 Å². The van der Waals surface area contributed by atoms with E-state index in [2.05, 4.69) is 38.6 Å². The molecule has 2 N–H and O–H groups in total. The van der Waals surface area contributed by atoms with E-state index in [4.69, 9.17) is 23.8 Å². The van der Waals surface area contributed by atoms with Crippen molar-refractivity contribution in [1.29, 1.82) is 0 Å². The molecule has 0 saturated carbocycles. The maximum absolute atomic E-state index is 6.13. The molecule has 106 valence electrons. The van der Waals surface area contributed by atoms with Gasteiger partial charge in [0.1, 0.15) is 0 Å². The lowest BCUT2D eigenvalue weighted by Gasteiger charge is -2.12. The zero-order valence-electron chi connectivity index (χ0n) is 10.9. The summed E-state index contributed by atoms with van der Waals surface area (Å²) in [7, 11) is 0. The SMILES string of the molecule is CCn1nccc1CNC(=S)Nc1ccc(Br)cc1Cl. The van der Waals surface area contributed by atoms with Crippen molar-refractivity contribution in [2.75, 3.05) is 5.32 Å². The van der Waals surface area contributed by atoms with Crippen LogP contribution in [-0.4, -0.2) is 14.9 Å². The van der Waals surface area contributed by atoms with Crippen LogP contribution in [0.25, 0.3) is 0 Å². The van der Waals surface area contributed by atoms with E-state index in [1.54, 1.807) is 6.20 Å². The lowest BCUT2D eigenvalue weighted by Crippen LogP contribution is -2.29. The molecule has 1 aromatic heterocycles. The minimum Gasteiger partial charge on any atom is -0.357 e. The fourth-order valence-corrected chi connectivity index (χ4v) is 2.63. The summed E-state index contributed by atoms with van der Waals surface area (Å²) >= 11 is 14.8. The van der Waals surface area contributed by atoms with Crippen molar-refractivity contribution < 1.29 is 0 Å². The van der Waals surface area contributed by atoms with Gasteiger partial charge in [0.2, 0.25) is 0 Å². The standard InChI is InChI=1S/C13H14BrClN4S/c1-2-19-10(5-6-17-19)8-16-13(20)18-12-4-3-9(14)7-11(12)15/h3-7H,2,8H2,1H3,(H2,16,18,20). The molecule has 0 fully saturated rings. The third-order valence-electron chi connectivity index (χ3n) is 2.71. The van der Waals surface area contributed by atoms with Crippen LogP contribution in [0.5, 0.6) is 0 Å². The Morgan fingerprint density at radius 1 is 1.45 bits per heavy atom. The fourth-order valence-electron chi connectivity index (χ4n) is 1.72. The Kier molecular flexibility index (Phi) is 5.39. The summed E-state index contributed by atoms with van der Waals surface area (Å²) in [5, 5.41) is 11.6. The van der Waals surface area contributed by atoms with Gasteiger partial charge >= 0.3 is 0 Å². The predicted octanol–water partition coefficient (Wildman–Crippen LogP) is 3.81. The van der Waals surface area contributed by atoms with E-state index in [1.165, 1.54) is 0 Å². The molecule has 2 aromatic rings. The van der Waals surface area contributed by atoms with Gasteiger partial charge in [-0.15, -0.1) is 0 Å². The Morgan fingerprint density at radius 2 is 2.25 bits per heavy atom. The third kappa shape index (κ3) is 3.94. The van der Waals surface area contributed by atoms with Gasteiger partial charge in [-0.1, -0.05) is 27.5 Å². The van der Waals surface area contributed by atoms with Crippen LogP contribution in [0.4, 0.5) is 5.69 Å². The summed E-state index contributed by atoms with van der Waals surface area (Å²) in [6.45, 7) is 3.51. The van der Waals surface area contributed by atoms with Crippen LogP contribution >= 0.6 is 39.7 Å². The van der Waals surface area contributed by atoms with Gasteiger partial charge in [0.25, 0.3) is 0 Å². The van der Waals surface area contributed by atoms with Gasteiger partial charge in [0, 0.05) is 17.2 Å². The molecule has 1 heterocycles. The molecule has 0 aliphatic rings. The molecule has 0 aliphatic heterocycles. The van der Waals surface area contributed by atoms with Crippen LogP contribution in [0.15, 0.2) is 34.9 Å². The molecule has 0 atom stereocenters. The van der Waals surface area contributed by atoms with Gasteiger partial charge in [-0.25, -0.2) is 0 Å². The number of aromatic nitrogens is 2. The van der Waals surface area contributed by atoms with Crippen molar-refractivity contribution in [3.8, 4) is 0 Å². The highest BCUT2D eigenvalue weighted by molar-refractivity contribution is 9.10. The molecule has 20 heavy (non-hydrogen) atoms. The molecule has 1 aromatic carbocycles. The summed E-state index contributed by atoms with van der Waals surface area (Å²) in [5.74, 6) is 0. The number of halogens is 2. The molecule has 4 nitrogen and oxygen atoms in total. The number of thiocarbonyl (C=S) groups is 1. The lowest BCUT2D eigenvalue weighted by molar-refractivity contribution is 0.614. The number of aryl methyl sites for hydroxylation is 1. The Balaban J connectivity index is 1.93. The van der Waals surface area contributed by atoms with Crippen molar-refractivity contribution >= 4 is 50.5 Å². The van der Waals surface area contributed by atoms with E-state index in [-0.39, 0.29) is 0 Å². The second-order valence-electron chi connectivity index (χ2n) is 4.07. The molecular weight excluding hydrogens is 360 g/mol. The van der Waals surface area contributed by atoms with E-state index >= 15 is 0 Å². The lowest BCUT2D eigenvalue weighted by atomic mass is 10.3. The van der Waals surface area contributed by atoms with E-state index in [1.807, 2.05) is 28.9 Å². The number of anilines is 1. The average molecular weight is 374 g/mol. The monoisotopic (exact) mass is 372 g/mol. The molecular formula is C13H14BrClN4S. The second-order valence-corrected chi connectivity index (χ2v) is 5.80. The largest absolute Gasteiger partial charge is 0.357 e. The zero-order chi connectivity index (χ0) is 14.5. The highest BCUT2D eigenvalue weighted by Gasteiger charge is 2.05. The summed E-state index contributed by atoms with van der Waals surface area (Å²) < 4.78 is 2.85. The van der Waals surface area contributed by atoms with Gasteiger partial charge in [0.05, 0.1) is 22.9 Å². The minimum atomic E-state index is 0.526. The fraction of sp³-hybridized carbons (Fsp3) is 0.231. The first-order chi connectivity index (χ1) is 9.60. The molecule has 0 saturated heterocycles. The zero-order valence-corrected chi connectivity index (χ0v) is 14.0. The Morgan fingerprint density at radius 3 is 2.95 bits per heavy atom. The molecule has 0 radical (unpaired) electrons. The van der Waals surface area contributed by atoms with Gasteiger partial charge in [-0.2, -0.15) is 5.10 Å². The quantitative estimate of drug-likeness (QED) is 0.800. The number of benzene rings is 1. The molecule has 0 unspecified atom stereocenters. The summed E-state index contributed by atoms with van der Waals surface area (Å²) in [4.78, 5) is 0. The first-order valence-electron chi connectivity index (χ1n) is 6.10. The third-order valence-corrected chi connectivity index (χ3v) is 3.77. The molecule has 2 rings (SSSR count). The number of nitrogens with zero attached hydrogens (tertiary/aromatic N) is 2. The smallest absolute Gasteiger partial charge is 0.171 e. The van der Waals surface area contributed by atoms with Crippen LogP contribution < -0.4 is 10.6 Å². The predicted molar refractivity (Wildman–Crippen MR) is 90.1 cm³/mol. The normalized spacial score (nSPS) is 10.3. The summed E-state index contributed by atoms with van der Waals surface area (Å²) in [6, 6.07) is 7.56. The van der Waals surface area contributed by atoms with Gasteiger partial charge in [-0.3, -0.25) is 4.68 Å². The Hall–Kier alpha value is -1.11. The molecule has 7 heteroatoms. The van der Waals surface area contributed by atoms with Crippen LogP contribution in [0, 0.1) is 0 Å². The first kappa shape index (κ1) is 15.3. The highest BCUT2D eigenvalue weighted by atomic mass is 79.9. The van der Waals surface area contributed by atoms with Crippen molar-refractivity contribution in [2.45, 2.75) is 20.0 Å². The van der Waals surface area contributed by atoms with Crippen LogP contribution in [-0.2, 0) is 13.1 Å². The number of hydrogen-bond donors (Lipinski definition) is 2. The van der Waals surface area contributed by atoms with Gasteiger partial charge in [-0.05, 0) is 43.4 Å².